The summed E-state index contributed by atoms with van der Waals surface area (Å²) in [5, 5.41) is 10.6. The number of hydrogen-bond acceptors (Lipinski definition) is 3. The number of aryl methyl sites for hydroxylation is 1. The maximum atomic E-state index is 13.8. The Balaban J connectivity index is 2.44. The van der Waals surface area contributed by atoms with Gasteiger partial charge < -0.3 is 0 Å². The van der Waals surface area contributed by atoms with Gasteiger partial charge in [0.05, 0.1) is 11.3 Å². The number of benzene rings is 1. The number of aromatic nitrogens is 4. The largest absolute Gasteiger partial charge is 0.279 e. The first-order valence-electron chi connectivity index (χ1n) is 5.48. The quantitative estimate of drug-likeness (QED) is 0.747. The van der Waals surface area contributed by atoms with E-state index in [9.17, 15) is 9.18 Å². The Bertz CT molecular complexity index is 839. The average molecular weight is 323 g/mol. The van der Waals surface area contributed by atoms with Crippen LogP contribution in [0.3, 0.4) is 0 Å². The van der Waals surface area contributed by atoms with Crippen LogP contribution in [0.15, 0.2) is 33.5 Å². The minimum absolute atomic E-state index is 0.251. The molecular formula is C12H8BrFN4O. The van der Waals surface area contributed by atoms with Gasteiger partial charge in [-0.25, -0.2) is 8.91 Å². The highest BCUT2D eigenvalue weighted by molar-refractivity contribution is 9.10. The number of halogens is 2. The maximum Gasteiger partial charge on any atom is 0.279 e. The number of aromatic amines is 1. The van der Waals surface area contributed by atoms with Gasteiger partial charge in [-0.15, -0.1) is 5.10 Å². The average Bonchev–Trinajstić information content (AvgIpc) is 2.69. The lowest BCUT2D eigenvalue weighted by Gasteiger charge is -2.06. The molecule has 19 heavy (non-hydrogen) atoms. The molecule has 0 saturated carbocycles. The lowest BCUT2D eigenvalue weighted by atomic mass is 10.2. The molecule has 0 saturated heterocycles. The molecule has 96 valence electrons. The van der Waals surface area contributed by atoms with E-state index in [2.05, 4.69) is 31.2 Å². The first-order chi connectivity index (χ1) is 9.09. The number of hydrogen-bond donors (Lipinski definition) is 1. The predicted octanol–water partition coefficient (Wildman–Crippen LogP) is 2.29. The summed E-state index contributed by atoms with van der Waals surface area (Å²) in [6.45, 7) is 1.73. The van der Waals surface area contributed by atoms with Crippen molar-refractivity contribution < 1.29 is 4.39 Å². The Morgan fingerprint density at radius 1 is 1.32 bits per heavy atom. The molecule has 3 rings (SSSR count). The normalized spacial score (nSPS) is 11.1. The van der Waals surface area contributed by atoms with Crippen molar-refractivity contribution >= 4 is 21.4 Å². The zero-order valence-electron chi connectivity index (χ0n) is 9.82. The summed E-state index contributed by atoms with van der Waals surface area (Å²) < 4.78 is 15.6. The highest BCUT2D eigenvalue weighted by Gasteiger charge is 2.16. The Hall–Kier alpha value is -2.02. The van der Waals surface area contributed by atoms with Gasteiger partial charge in [0, 0.05) is 0 Å². The third-order valence-corrected chi connectivity index (χ3v) is 3.54. The van der Waals surface area contributed by atoms with E-state index in [1.807, 2.05) is 0 Å². The van der Waals surface area contributed by atoms with Gasteiger partial charge in [0.1, 0.15) is 15.8 Å². The van der Waals surface area contributed by atoms with Gasteiger partial charge in [-0.05, 0) is 35.0 Å². The van der Waals surface area contributed by atoms with E-state index >= 15 is 0 Å². The van der Waals surface area contributed by atoms with Crippen LogP contribution in [0.2, 0.25) is 0 Å². The van der Waals surface area contributed by atoms with Crippen molar-refractivity contribution in [2.24, 2.45) is 0 Å². The molecule has 0 aliphatic rings. The second-order valence-electron chi connectivity index (χ2n) is 4.03. The van der Waals surface area contributed by atoms with E-state index in [0.717, 1.165) is 0 Å². The molecule has 0 aliphatic heterocycles. The van der Waals surface area contributed by atoms with Crippen molar-refractivity contribution in [3.63, 3.8) is 0 Å². The number of nitrogens with one attached hydrogen (secondary N) is 1. The summed E-state index contributed by atoms with van der Waals surface area (Å²) in [7, 11) is 0. The predicted molar refractivity (Wildman–Crippen MR) is 71.4 cm³/mol. The number of rotatable bonds is 1. The fraction of sp³-hybridized carbons (Fsp3) is 0.0833. The third kappa shape index (κ3) is 1.77. The SMILES string of the molecule is Cc1nnc(-c2ccccc2F)n2[nH]c(=O)c(Br)c12. The Morgan fingerprint density at radius 2 is 2.05 bits per heavy atom. The van der Waals surface area contributed by atoms with E-state index < -0.39 is 5.82 Å². The van der Waals surface area contributed by atoms with Crippen LogP contribution in [0.5, 0.6) is 0 Å². The molecule has 0 unspecified atom stereocenters. The molecule has 1 N–H and O–H groups in total. The summed E-state index contributed by atoms with van der Waals surface area (Å²) in [5.74, 6) is -0.172. The van der Waals surface area contributed by atoms with E-state index in [4.69, 9.17) is 0 Å². The van der Waals surface area contributed by atoms with Crippen molar-refractivity contribution in [1.29, 1.82) is 0 Å². The highest BCUT2D eigenvalue weighted by Crippen LogP contribution is 2.23. The standard InChI is InChI=1S/C12H8BrFN4O/c1-6-10-9(13)12(19)17-18(10)11(16-15-6)7-4-2-3-5-8(7)14/h2-5H,1H3,(H,17,19). The van der Waals surface area contributed by atoms with E-state index in [1.165, 1.54) is 10.6 Å². The van der Waals surface area contributed by atoms with E-state index in [-0.39, 0.29) is 16.9 Å². The van der Waals surface area contributed by atoms with Gasteiger partial charge in [-0.2, -0.15) is 5.10 Å². The summed E-state index contributed by atoms with van der Waals surface area (Å²) in [6.07, 6.45) is 0. The second kappa shape index (κ2) is 4.27. The third-order valence-electron chi connectivity index (χ3n) is 2.81. The van der Waals surface area contributed by atoms with Crippen molar-refractivity contribution in [1.82, 2.24) is 19.8 Å². The number of fused-ring (bicyclic) bond motifs is 1. The number of nitrogens with zero attached hydrogens (tertiary/aromatic N) is 3. The molecule has 0 fully saturated rings. The summed E-state index contributed by atoms with van der Waals surface area (Å²) in [5.41, 5.74) is 1.10. The van der Waals surface area contributed by atoms with Gasteiger partial charge in [-0.1, -0.05) is 12.1 Å². The van der Waals surface area contributed by atoms with Crippen molar-refractivity contribution in [3.05, 3.63) is 50.6 Å². The zero-order valence-corrected chi connectivity index (χ0v) is 11.4. The summed E-state index contributed by atoms with van der Waals surface area (Å²) >= 11 is 3.20. The van der Waals surface area contributed by atoms with Crippen molar-refractivity contribution in [3.8, 4) is 11.4 Å². The molecule has 0 radical (unpaired) electrons. The molecule has 1 aromatic carbocycles. The molecule has 3 aromatic rings. The first kappa shape index (κ1) is 12.0. The van der Waals surface area contributed by atoms with Crippen LogP contribution in [0.25, 0.3) is 16.9 Å². The fourth-order valence-electron chi connectivity index (χ4n) is 1.92. The minimum Gasteiger partial charge on any atom is -0.267 e. The van der Waals surface area contributed by atoms with Gasteiger partial charge in [0.25, 0.3) is 5.56 Å². The molecule has 0 spiro atoms. The van der Waals surface area contributed by atoms with Crippen LogP contribution in [0, 0.1) is 12.7 Å². The van der Waals surface area contributed by atoms with Gasteiger partial charge in [0.2, 0.25) is 0 Å². The lowest BCUT2D eigenvalue weighted by molar-refractivity contribution is 0.628. The molecular weight excluding hydrogens is 315 g/mol. The van der Waals surface area contributed by atoms with E-state index in [1.54, 1.807) is 25.1 Å². The molecule has 0 amide bonds. The van der Waals surface area contributed by atoms with E-state index in [0.29, 0.717) is 15.7 Å². The smallest absolute Gasteiger partial charge is 0.267 e. The van der Waals surface area contributed by atoms with Crippen LogP contribution >= 0.6 is 15.9 Å². The zero-order chi connectivity index (χ0) is 13.6. The Morgan fingerprint density at radius 3 is 2.79 bits per heavy atom. The van der Waals surface area contributed by atoms with Crippen LogP contribution in [0.4, 0.5) is 4.39 Å². The summed E-state index contributed by atoms with van der Waals surface area (Å²) in [6, 6.07) is 6.20. The van der Waals surface area contributed by atoms with Crippen LogP contribution < -0.4 is 5.56 Å². The Labute approximate surface area is 115 Å². The van der Waals surface area contributed by atoms with Gasteiger partial charge >= 0.3 is 0 Å². The molecule has 2 aromatic heterocycles. The molecule has 0 aliphatic carbocycles. The molecule has 0 bridgehead atoms. The highest BCUT2D eigenvalue weighted by atomic mass is 79.9. The van der Waals surface area contributed by atoms with Crippen molar-refractivity contribution in [2.45, 2.75) is 6.92 Å². The summed E-state index contributed by atoms with van der Waals surface area (Å²) in [4.78, 5) is 11.7. The van der Waals surface area contributed by atoms with Gasteiger partial charge in [-0.3, -0.25) is 9.89 Å². The topological polar surface area (TPSA) is 63.1 Å². The molecule has 7 heteroatoms. The Kier molecular flexibility index (Phi) is 2.70. The minimum atomic E-state index is -0.423. The van der Waals surface area contributed by atoms with Gasteiger partial charge in [0.15, 0.2) is 5.82 Å². The van der Waals surface area contributed by atoms with Crippen LogP contribution in [-0.2, 0) is 0 Å². The van der Waals surface area contributed by atoms with Crippen LogP contribution in [-0.4, -0.2) is 19.8 Å². The number of H-pyrrole nitrogens is 1. The molecule has 2 heterocycles. The fourth-order valence-corrected chi connectivity index (χ4v) is 2.48. The molecule has 5 nitrogen and oxygen atoms in total. The van der Waals surface area contributed by atoms with Crippen LogP contribution in [0.1, 0.15) is 5.69 Å². The maximum absolute atomic E-state index is 13.8. The second-order valence-corrected chi connectivity index (χ2v) is 4.82. The molecule has 0 atom stereocenters. The lowest BCUT2D eigenvalue weighted by Crippen LogP contribution is -2.06. The monoisotopic (exact) mass is 322 g/mol. The first-order valence-corrected chi connectivity index (χ1v) is 6.27. The van der Waals surface area contributed by atoms with Crippen molar-refractivity contribution in [2.75, 3.05) is 0 Å².